The number of rotatable bonds is 2. The molecule has 0 aliphatic carbocycles. The van der Waals surface area contributed by atoms with Crippen LogP contribution in [-0.4, -0.2) is 16.6 Å². The summed E-state index contributed by atoms with van der Waals surface area (Å²) in [6.07, 6.45) is 0.479. The Morgan fingerprint density at radius 2 is 1.84 bits per heavy atom. The third-order valence-corrected chi connectivity index (χ3v) is 4.37. The summed E-state index contributed by atoms with van der Waals surface area (Å²) in [7, 11) is 0. The smallest absolute Gasteiger partial charge is 0.345 e. The molecule has 0 unspecified atom stereocenters. The summed E-state index contributed by atoms with van der Waals surface area (Å²) in [5, 5.41) is 6.70. The van der Waals surface area contributed by atoms with Gasteiger partial charge in [0.25, 0.3) is 0 Å². The number of carbonyl (C=O) groups excluding carboxylic acids is 1. The topological polar surface area (TPSA) is 62.9 Å². The molecule has 25 heavy (non-hydrogen) atoms. The molecule has 1 aliphatic heterocycles. The molecule has 0 radical (unpaired) electrons. The van der Waals surface area contributed by atoms with Crippen LogP contribution in [0.3, 0.4) is 0 Å². The molecular formula is C20H16N2O3. The first-order valence-corrected chi connectivity index (χ1v) is 8.09. The lowest BCUT2D eigenvalue weighted by Gasteiger charge is -2.20. The van der Waals surface area contributed by atoms with Gasteiger partial charge in [-0.05, 0) is 17.7 Å². The van der Waals surface area contributed by atoms with Crippen LogP contribution in [0.2, 0.25) is 0 Å². The highest BCUT2D eigenvalue weighted by Gasteiger charge is 2.32. The predicted molar refractivity (Wildman–Crippen MR) is 95.3 cm³/mol. The first-order chi connectivity index (χ1) is 12.1. The summed E-state index contributed by atoms with van der Waals surface area (Å²) in [6.45, 7) is 1.48. The quantitative estimate of drug-likeness (QED) is 0.675. The van der Waals surface area contributed by atoms with E-state index in [1.54, 1.807) is 12.1 Å². The zero-order chi connectivity index (χ0) is 17.4. The van der Waals surface area contributed by atoms with Crippen LogP contribution in [-0.2, 0) is 4.79 Å². The van der Waals surface area contributed by atoms with Crippen LogP contribution in [0.1, 0.15) is 30.5 Å². The van der Waals surface area contributed by atoms with Gasteiger partial charge in [-0.2, -0.15) is 5.10 Å². The van der Waals surface area contributed by atoms with Crippen LogP contribution in [0.15, 0.2) is 75.0 Å². The lowest BCUT2D eigenvalue weighted by atomic mass is 9.99. The third kappa shape index (κ3) is 2.74. The van der Waals surface area contributed by atoms with E-state index in [1.807, 2.05) is 48.5 Å². The van der Waals surface area contributed by atoms with E-state index in [-0.39, 0.29) is 11.9 Å². The van der Waals surface area contributed by atoms with Gasteiger partial charge in [-0.3, -0.25) is 4.79 Å². The fourth-order valence-electron chi connectivity index (χ4n) is 3.16. The summed E-state index contributed by atoms with van der Waals surface area (Å²) < 4.78 is 5.40. The Morgan fingerprint density at radius 3 is 2.60 bits per heavy atom. The molecule has 2 heterocycles. The molecule has 124 valence electrons. The van der Waals surface area contributed by atoms with E-state index in [9.17, 15) is 9.59 Å². The lowest BCUT2D eigenvalue weighted by Crippen LogP contribution is -2.24. The summed E-state index contributed by atoms with van der Waals surface area (Å²) in [6, 6.07) is 18.6. The Kier molecular flexibility index (Phi) is 3.69. The molecule has 4 rings (SSSR count). The van der Waals surface area contributed by atoms with Gasteiger partial charge in [-0.1, -0.05) is 48.5 Å². The lowest BCUT2D eigenvalue weighted by molar-refractivity contribution is -0.130. The minimum atomic E-state index is -0.435. The molecule has 0 bridgehead atoms. The van der Waals surface area contributed by atoms with Gasteiger partial charge < -0.3 is 4.42 Å². The maximum Gasteiger partial charge on any atom is 0.345 e. The largest absolute Gasteiger partial charge is 0.422 e. The molecule has 0 saturated heterocycles. The molecule has 2 aromatic carbocycles. The molecule has 0 saturated carbocycles. The molecule has 1 amide bonds. The zero-order valence-electron chi connectivity index (χ0n) is 13.7. The van der Waals surface area contributed by atoms with E-state index in [0.717, 1.165) is 10.9 Å². The van der Waals surface area contributed by atoms with Crippen molar-refractivity contribution in [3.63, 3.8) is 0 Å². The first-order valence-electron chi connectivity index (χ1n) is 8.09. The van der Waals surface area contributed by atoms with Crippen molar-refractivity contribution < 1.29 is 9.21 Å². The second-order valence-electron chi connectivity index (χ2n) is 6.03. The third-order valence-electron chi connectivity index (χ3n) is 4.37. The summed E-state index contributed by atoms with van der Waals surface area (Å²) >= 11 is 0. The second-order valence-corrected chi connectivity index (χ2v) is 6.03. The van der Waals surface area contributed by atoms with Gasteiger partial charge in [0, 0.05) is 18.7 Å². The van der Waals surface area contributed by atoms with Gasteiger partial charge in [-0.25, -0.2) is 9.80 Å². The van der Waals surface area contributed by atoms with E-state index in [2.05, 4.69) is 5.10 Å². The van der Waals surface area contributed by atoms with Gasteiger partial charge in [0.15, 0.2) is 0 Å². The number of para-hydroxylation sites is 1. The van der Waals surface area contributed by atoms with Crippen LogP contribution in [0.25, 0.3) is 11.0 Å². The number of amides is 1. The van der Waals surface area contributed by atoms with Crippen molar-refractivity contribution >= 4 is 22.6 Å². The van der Waals surface area contributed by atoms with Gasteiger partial charge in [0.05, 0.1) is 17.3 Å². The van der Waals surface area contributed by atoms with Gasteiger partial charge >= 0.3 is 5.63 Å². The maximum absolute atomic E-state index is 12.4. The Labute approximate surface area is 144 Å². The molecule has 1 atom stereocenters. The van der Waals surface area contributed by atoms with Crippen molar-refractivity contribution in [2.75, 3.05) is 0 Å². The summed E-state index contributed by atoms with van der Waals surface area (Å²) in [5.74, 6) is -0.158. The Bertz CT molecular complexity index is 1040. The van der Waals surface area contributed by atoms with Crippen molar-refractivity contribution in [3.8, 4) is 0 Å². The average Bonchev–Trinajstić information content (AvgIpc) is 3.07. The number of hydrogen-bond donors (Lipinski definition) is 0. The molecule has 1 aromatic heterocycles. The molecule has 5 nitrogen and oxygen atoms in total. The van der Waals surface area contributed by atoms with Crippen molar-refractivity contribution in [2.24, 2.45) is 5.10 Å². The van der Waals surface area contributed by atoms with Crippen LogP contribution < -0.4 is 5.63 Å². The van der Waals surface area contributed by atoms with Crippen LogP contribution in [0.5, 0.6) is 0 Å². The molecule has 5 heteroatoms. The maximum atomic E-state index is 12.4. The number of hydrogen-bond acceptors (Lipinski definition) is 4. The Balaban J connectivity index is 1.78. The highest BCUT2D eigenvalue weighted by atomic mass is 16.4. The van der Waals surface area contributed by atoms with Gasteiger partial charge in [0.1, 0.15) is 5.58 Å². The van der Waals surface area contributed by atoms with Crippen LogP contribution in [0, 0.1) is 0 Å². The van der Waals surface area contributed by atoms with E-state index < -0.39 is 5.63 Å². The molecule has 0 spiro atoms. The van der Waals surface area contributed by atoms with Crippen molar-refractivity contribution in [1.29, 1.82) is 0 Å². The van der Waals surface area contributed by atoms with Crippen LogP contribution >= 0.6 is 0 Å². The molecule has 0 N–H and O–H groups in total. The van der Waals surface area contributed by atoms with E-state index in [0.29, 0.717) is 23.3 Å². The summed E-state index contributed by atoms with van der Waals surface area (Å²) in [5.41, 5.74) is 2.07. The zero-order valence-corrected chi connectivity index (χ0v) is 13.7. The minimum Gasteiger partial charge on any atom is -0.422 e. The van der Waals surface area contributed by atoms with E-state index >= 15 is 0 Å². The first kappa shape index (κ1) is 15.3. The standard InChI is InChI=1S/C20H16N2O3/c1-13(23)22-18(14-7-3-2-4-8-14)12-17(21-22)16-11-15-9-5-6-10-19(15)25-20(16)24/h2-11,18H,12H2,1H3/t18-/m1/s1. The number of nitrogens with zero attached hydrogens (tertiary/aromatic N) is 2. The highest BCUT2D eigenvalue weighted by Crippen LogP contribution is 2.32. The molecule has 0 fully saturated rings. The van der Waals surface area contributed by atoms with Crippen molar-refractivity contribution in [2.45, 2.75) is 19.4 Å². The van der Waals surface area contributed by atoms with Crippen LogP contribution in [0.4, 0.5) is 0 Å². The van der Waals surface area contributed by atoms with Gasteiger partial charge in [-0.15, -0.1) is 0 Å². The monoisotopic (exact) mass is 332 g/mol. The number of benzene rings is 2. The number of fused-ring (bicyclic) bond motifs is 1. The average molecular weight is 332 g/mol. The van der Waals surface area contributed by atoms with E-state index in [1.165, 1.54) is 11.9 Å². The molecule has 3 aromatic rings. The molecule has 1 aliphatic rings. The van der Waals surface area contributed by atoms with E-state index in [4.69, 9.17) is 4.42 Å². The number of hydrazone groups is 1. The molecular weight excluding hydrogens is 316 g/mol. The second kappa shape index (κ2) is 6.02. The normalized spacial score (nSPS) is 16.9. The number of carbonyl (C=O) groups is 1. The Morgan fingerprint density at radius 1 is 1.12 bits per heavy atom. The van der Waals surface area contributed by atoms with Gasteiger partial charge in [0.2, 0.25) is 5.91 Å². The predicted octanol–water partition coefficient (Wildman–Crippen LogP) is 3.49. The summed E-state index contributed by atoms with van der Waals surface area (Å²) in [4.78, 5) is 24.4. The van der Waals surface area contributed by atoms with Crippen molar-refractivity contribution in [3.05, 3.63) is 82.2 Å². The Hall–Kier alpha value is -3.21. The SMILES string of the molecule is CC(=O)N1N=C(c2cc3ccccc3oc2=O)C[C@@H]1c1ccccc1. The fourth-order valence-corrected chi connectivity index (χ4v) is 3.16. The van der Waals surface area contributed by atoms with Crippen molar-refractivity contribution in [1.82, 2.24) is 5.01 Å². The highest BCUT2D eigenvalue weighted by molar-refractivity contribution is 6.04. The fraction of sp³-hybridized carbons (Fsp3) is 0.150. The minimum absolute atomic E-state index is 0.158.